The molecule has 1 saturated carbocycles. The van der Waals surface area contributed by atoms with Crippen LogP contribution < -0.4 is 10.1 Å². The molecule has 110 valence electrons. The summed E-state index contributed by atoms with van der Waals surface area (Å²) in [6.45, 7) is 0. The molecule has 1 aromatic rings. The smallest absolute Gasteiger partial charge is 0.265 e. The zero-order valence-electron chi connectivity index (χ0n) is 11.1. The molecule has 1 aromatic carbocycles. The van der Waals surface area contributed by atoms with Gasteiger partial charge < -0.3 is 10.1 Å². The fourth-order valence-corrected chi connectivity index (χ4v) is 3.37. The first-order valence-corrected chi connectivity index (χ1v) is 8.66. The summed E-state index contributed by atoms with van der Waals surface area (Å²) in [7, 11) is 2.73. The molecule has 0 atom stereocenters. The van der Waals surface area contributed by atoms with E-state index in [0.29, 0.717) is 0 Å². The Morgan fingerprint density at radius 3 is 2.55 bits per heavy atom. The summed E-state index contributed by atoms with van der Waals surface area (Å²) in [5.41, 5.74) is 0.261. The van der Waals surface area contributed by atoms with E-state index in [9.17, 15) is 13.2 Å². The second-order valence-electron chi connectivity index (χ2n) is 4.76. The predicted molar refractivity (Wildman–Crippen MR) is 75.8 cm³/mol. The Bertz CT molecular complexity index is 609. The Balaban J connectivity index is 2.26. The Kier molecular flexibility index (Phi) is 4.55. The van der Waals surface area contributed by atoms with Crippen LogP contribution in [0.4, 0.5) is 0 Å². The van der Waals surface area contributed by atoms with Gasteiger partial charge in [0.15, 0.2) is 0 Å². The van der Waals surface area contributed by atoms with Crippen LogP contribution in [0.2, 0.25) is 0 Å². The van der Waals surface area contributed by atoms with Gasteiger partial charge in [-0.2, -0.15) is 0 Å². The highest BCUT2D eigenvalue weighted by Gasteiger charge is 2.22. The van der Waals surface area contributed by atoms with Crippen LogP contribution in [0.3, 0.4) is 0 Å². The molecule has 0 radical (unpaired) electrons. The minimum absolute atomic E-state index is 0.123. The monoisotopic (exact) mass is 317 g/mol. The second kappa shape index (κ2) is 6.01. The minimum Gasteiger partial charge on any atom is -0.495 e. The van der Waals surface area contributed by atoms with Gasteiger partial charge in [-0.25, -0.2) is 8.42 Å². The van der Waals surface area contributed by atoms with Crippen LogP contribution in [0.1, 0.15) is 36.0 Å². The zero-order valence-corrected chi connectivity index (χ0v) is 12.6. The Morgan fingerprint density at radius 1 is 1.35 bits per heavy atom. The normalized spacial score (nSPS) is 16.1. The quantitative estimate of drug-likeness (QED) is 0.865. The Morgan fingerprint density at radius 2 is 2.00 bits per heavy atom. The molecule has 0 spiro atoms. The molecule has 0 aliphatic heterocycles. The summed E-state index contributed by atoms with van der Waals surface area (Å²) in [4.78, 5) is 11.9. The van der Waals surface area contributed by atoms with Gasteiger partial charge in [0, 0.05) is 22.3 Å². The largest absolute Gasteiger partial charge is 0.495 e. The van der Waals surface area contributed by atoms with E-state index >= 15 is 0 Å². The number of hydrogen-bond acceptors (Lipinski definition) is 4. The van der Waals surface area contributed by atoms with Gasteiger partial charge in [0.05, 0.1) is 7.11 Å². The molecule has 0 bridgehead atoms. The van der Waals surface area contributed by atoms with Crippen molar-refractivity contribution in [1.29, 1.82) is 0 Å². The summed E-state index contributed by atoms with van der Waals surface area (Å²) in [5.74, 6) is -0.168. The molecule has 5 nitrogen and oxygen atoms in total. The molecule has 0 unspecified atom stereocenters. The van der Waals surface area contributed by atoms with Crippen LogP contribution in [-0.2, 0) is 9.05 Å². The molecule has 2 rings (SSSR count). The van der Waals surface area contributed by atoms with E-state index in [-0.39, 0.29) is 28.2 Å². The lowest BCUT2D eigenvalue weighted by molar-refractivity contribution is 0.0937. The number of nitrogens with one attached hydrogen (secondary N) is 1. The maximum absolute atomic E-state index is 12.1. The fraction of sp³-hybridized carbons (Fsp3) is 0.462. The van der Waals surface area contributed by atoms with Crippen molar-refractivity contribution in [3.05, 3.63) is 23.8 Å². The van der Waals surface area contributed by atoms with E-state index < -0.39 is 9.05 Å². The Labute approximate surface area is 122 Å². The number of halogens is 1. The van der Waals surface area contributed by atoms with Gasteiger partial charge in [-0.3, -0.25) is 4.79 Å². The van der Waals surface area contributed by atoms with E-state index in [1.54, 1.807) is 0 Å². The highest BCUT2D eigenvalue weighted by atomic mass is 35.7. The van der Waals surface area contributed by atoms with E-state index in [1.165, 1.54) is 25.3 Å². The molecular weight excluding hydrogens is 302 g/mol. The lowest BCUT2D eigenvalue weighted by atomic mass is 10.1. The second-order valence-corrected chi connectivity index (χ2v) is 7.29. The highest BCUT2D eigenvalue weighted by Crippen LogP contribution is 2.28. The molecule has 1 aliphatic rings. The van der Waals surface area contributed by atoms with Crippen molar-refractivity contribution in [3.8, 4) is 5.75 Å². The summed E-state index contributed by atoms with van der Waals surface area (Å²) in [6.07, 6.45) is 4.13. The molecule has 1 amide bonds. The van der Waals surface area contributed by atoms with Gasteiger partial charge in [-0.15, -0.1) is 0 Å². The number of amides is 1. The lowest BCUT2D eigenvalue weighted by Gasteiger charge is -2.13. The van der Waals surface area contributed by atoms with Crippen molar-refractivity contribution in [2.75, 3.05) is 7.11 Å². The first-order valence-electron chi connectivity index (χ1n) is 6.35. The number of methoxy groups -OCH3 is 1. The number of benzene rings is 1. The number of carbonyl (C=O) groups is 1. The lowest BCUT2D eigenvalue weighted by Crippen LogP contribution is -2.32. The first kappa shape index (κ1) is 15.1. The van der Waals surface area contributed by atoms with E-state index in [4.69, 9.17) is 15.4 Å². The topological polar surface area (TPSA) is 72.5 Å². The van der Waals surface area contributed by atoms with Crippen LogP contribution in [0.15, 0.2) is 23.1 Å². The molecule has 1 N–H and O–H groups in total. The SMILES string of the molecule is COc1ccc(C(=O)NC2CCCC2)cc1S(=O)(=O)Cl. The van der Waals surface area contributed by atoms with E-state index in [1.807, 2.05) is 0 Å². The van der Waals surface area contributed by atoms with Crippen molar-refractivity contribution >= 4 is 25.6 Å². The van der Waals surface area contributed by atoms with Gasteiger partial charge in [0.2, 0.25) is 0 Å². The minimum atomic E-state index is -3.96. The Hall–Kier alpha value is -1.27. The number of carbonyl (C=O) groups excluding carboxylic acids is 1. The van der Waals surface area contributed by atoms with E-state index in [2.05, 4.69) is 5.32 Å². The summed E-state index contributed by atoms with van der Waals surface area (Å²) in [5, 5.41) is 2.89. The van der Waals surface area contributed by atoms with Gasteiger partial charge in [0.25, 0.3) is 15.0 Å². The summed E-state index contributed by atoms with van der Waals surface area (Å²) < 4.78 is 27.9. The summed E-state index contributed by atoms with van der Waals surface area (Å²) >= 11 is 0. The average Bonchev–Trinajstić information content (AvgIpc) is 2.89. The molecular formula is C13H16ClNO4S. The van der Waals surface area contributed by atoms with Gasteiger partial charge >= 0.3 is 0 Å². The molecule has 20 heavy (non-hydrogen) atoms. The zero-order chi connectivity index (χ0) is 14.8. The third-order valence-electron chi connectivity index (χ3n) is 3.38. The van der Waals surface area contributed by atoms with Crippen LogP contribution in [0.5, 0.6) is 5.75 Å². The molecule has 7 heteroatoms. The maximum atomic E-state index is 12.1. The van der Waals surface area contributed by atoms with Crippen molar-refractivity contribution in [1.82, 2.24) is 5.32 Å². The number of rotatable bonds is 4. The van der Waals surface area contributed by atoms with Crippen molar-refractivity contribution in [2.45, 2.75) is 36.6 Å². The first-order chi connectivity index (χ1) is 9.41. The van der Waals surface area contributed by atoms with Crippen molar-refractivity contribution in [3.63, 3.8) is 0 Å². The van der Waals surface area contributed by atoms with Crippen LogP contribution >= 0.6 is 10.7 Å². The third-order valence-corrected chi connectivity index (χ3v) is 4.72. The van der Waals surface area contributed by atoms with Crippen LogP contribution in [0, 0.1) is 0 Å². The van der Waals surface area contributed by atoms with Crippen LogP contribution in [0.25, 0.3) is 0 Å². The average molecular weight is 318 g/mol. The van der Waals surface area contributed by atoms with E-state index in [0.717, 1.165) is 25.7 Å². The third kappa shape index (κ3) is 3.43. The fourth-order valence-electron chi connectivity index (χ4n) is 2.35. The highest BCUT2D eigenvalue weighted by molar-refractivity contribution is 8.13. The molecule has 0 heterocycles. The van der Waals surface area contributed by atoms with Gasteiger partial charge in [0.1, 0.15) is 10.6 Å². The standard InChI is InChI=1S/C13H16ClNO4S/c1-19-11-7-6-9(8-12(11)20(14,17)18)13(16)15-10-4-2-3-5-10/h6-8,10H,2-5H2,1H3,(H,15,16). The van der Waals surface area contributed by atoms with Crippen molar-refractivity contribution < 1.29 is 17.9 Å². The molecule has 1 fully saturated rings. The van der Waals surface area contributed by atoms with Crippen molar-refractivity contribution in [2.24, 2.45) is 0 Å². The molecule has 0 aromatic heterocycles. The number of hydrogen-bond donors (Lipinski definition) is 1. The summed E-state index contributed by atoms with van der Waals surface area (Å²) in [6, 6.07) is 4.36. The predicted octanol–water partition coefficient (Wildman–Crippen LogP) is 2.30. The number of ether oxygens (including phenoxy) is 1. The van der Waals surface area contributed by atoms with Crippen LogP contribution in [-0.4, -0.2) is 27.5 Å². The van der Waals surface area contributed by atoms with Gasteiger partial charge in [-0.05, 0) is 31.0 Å². The molecule has 0 saturated heterocycles. The van der Waals surface area contributed by atoms with Gasteiger partial charge in [-0.1, -0.05) is 12.8 Å². The molecule has 1 aliphatic carbocycles. The maximum Gasteiger partial charge on any atom is 0.265 e.